The van der Waals surface area contributed by atoms with Crippen LogP contribution in [0.25, 0.3) is 5.69 Å². The van der Waals surface area contributed by atoms with Gasteiger partial charge in [0, 0.05) is 18.8 Å². The molecular formula is C16H17FN6O2. The molecule has 8 nitrogen and oxygen atoms in total. The molecule has 2 aromatic heterocycles. The van der Waals surface area contributed by atoms with E-state index in [0.717, 1.165) is 0 Å². The largest absolute Gasteiger partial charge is 0.383 e. The molecule has 0 saturated carbocycles. The quantitative estimate of drug-likeness (QED) is 0.713. The van der Waals surface area contributed by atoms with Gasteiger partial charge in [0.25, 0.3) is 5.91 Å². The van der Waals surface area contributed by atoms with Gasteiger partial charge in [-0.1, -0.05) is 0 Å². The van der Waals surface area contributed by atoms with E-state index in [1.54, 1.807) is 24.9 Å². The third kappa shape index (κ3) is 3.72. The Morgan fingerprint density at radius 1 is 1.28 bits per heavy atom. The lowest BCUT2D eigenvalue weighted by Gasteiger charge is -2.21. The van der Waals surface area contributed by atoms with Gasteiger partial charge in [0.1, 0.15) is 11.4 Å². The zero-order valence-electron chi connectivity index (χ0n) is 13.7. The first-order chi connectivity index (χ1) is 11.8. The van der Waals surface area contributed by atoms with Crippen molar-refractivity contribution in [3.63, 3.8) is 0 Å². The van der Waals surface area contributed by atoms with Crippen LogP contribution in [0.3, 0.4) is 0 Å². The fourth-order valence-electron chi connectivity index (χ4n) is 2.21. The number of nitrogens with zero attached hydrogens (tertiary/aromatic N) is 5. The van der Waals surface area contributed by atoms with Gasteiger partial charge in [0.15, 0.2) is 5.69 Å². The molecule has 9 heteroatoms. The second-order valence-electron chi connectivity index (χ2n) is 5.85. The van der Waals surface area contributed by atoms with Crippen LogP contribution < -0.4 is 5.32 Å². The minimum absolute atomic E-state index is 0.0130. The molecule has 0 spiro atoms. The average molecular weight is 344 g/mol. The number of carbonyl (C=O) groups is 1. The first-order valence-corrected chi connectivity index (χ1v) is 7.53. The standard InChI is InChI=1S/C16H17FN6O2/c1-16(25,11-7-19-22(2)9-11)10-18-15(24)14-8-20-23(21-14)13-5-3-12(17)4-6-13/h3-9,25H,10H2,1-2H3,(H,18,24). The topological polar surface area (TPSA) is 97.9 Å². The van der Waals surface area contributed by atoms with E-state index in [2.05, 4.69) is 20.6 Å². The number of hydrogen-bond donors (Lipinski definition) is 2. The average Bonchev–Trinajstić information content (AvgIpc) is 3.23. The van der Waals surface area contributed by atoms with E-state index < -0.39 is 11.5 Å². The Morgan fingerprint density at radius 2 is 2.00 bits per heavy atom. The summed E-state index contributed by atoms with van der Waals surface area (Å²) in [6.45, 7) is 1.57. The lowest BCUT2D eigenvalue weighted by atomic mass is 10.00. The Labute approximate surface area is 142 Å². The van der Waals surface area contributed by atoms with Crippen molar-refractivity contribution in [1.29, 1.82) is 0 Å². The molecule has 0 saturated heterocycles. The second-order valence-corrected chi connectivity index (χ2v) is 5.85. The molecule has 2 N–H and O–H groups in total. The number of halogens is 1. The zero-order chi connectivity index (χ0) is 18.0. The molecule has 0 radical (unpaired) electrons. The van der Waals surface area contributed by atoms with Gasteiger partial charge >= 0.3 is 0 Å². The number of hydrogen-bond acceptors (Lipinski definition) is 5. The molecule has 3 aromatic rings. The van der Waals surface area contributed by atoms with Crippen molar-refractivity contribution in [3.8, 4) is 5.69 Å². The van der Waals surface area contributed by atoms with E-state index in [1.807, 2.05) is 0 Å². The molecule has 3 rings (SSSR count). The molecule has 0 aliphatic carbocycles. The Hall–Kier alpha value is -3.07. The van der Waals surface area contributed by atoms with Crippen LogP contribution in [0.15, 0.2) is 42.9 Å². The van der Waals surface area contributed by atoms with Crippen molar-refractivity contribution < 1.29 is 14.3 Å². The van der Waals surface area contributed by atoms with Gasteiger partial charge in [0.05, 0.1) is 24.6 Å². The number of amides is 1. The molecule has 25 heavy (non-hydrogen) atoms. The Bertz CT molecular complexity index is 884. The van der Waals surface area contributed by atoms with Gasteiger partial charge in [-0.05, 0) is 31.2 Å². The van der Waals surface area contributed by atoms with E-state index in [0.29, 0.717) is 11.3 Å². The van der Waals surface area contributed by atoms with Gasteiger partial charge in [-0.3, -0.25) is 9.48 Å². The Kier molecular flexibility index (Phi) is 4.32. The van der Waals surface area contributed by atoms with Gasteiger partial charge in [-0.15, -0.1) is 5.10 Å². The molecular weight excluding hydrogens is 327 g/mol. The zero-order valence-corrected chi connectivity index (χ0v) is 13.7. The van der Waals surface area contributed by atoms with Crippen LogP contribution in [0, 0.1) is 5.82 Å². The van der Waals surface area contributed by atoms with Crippen LogP contribution in [0.1, 0.15) is 23.0 Å². The van der Waals surface area contributed by atoms with Gasteiger partial charge in [0.2, 0.25) is 0 Å². The molecule has 1 atom stereocenters. The number of benzene rings is 1. The van der Waals surface area contributed by atoms with E-state index in [1.165, 1.54) is 41.5 Å². The summed E-state index contributed by atoms with van der Waals surface area (Å²) in [6.07, 6.45) is 4.52. The van der Waals surface area contributed by atoms with Crippen LogP contribution in [-0.2, 0) is 12.6 Å². The fraction of sp³-hybridized carbons (Fsp3) is 0.250. The number of carbonyl (C=O) groups excluding carboxylic acids is 1. The van der Waals surface area contributed by atoms with Gasteiger partial charge in [-0.25, -0.2) is 4.39 Å². The van der Waals surface area contributed by atoms with E-state index in [9.17, 15) is 14.3 Å². The van der Waals surface area contributed by atoms with Crippen LogP contribution in [0.4, 0.5) is 4.39 Å². The highest BCUT2D eigenvalue weighted by atomic mass is 19.1. The summed E-state index contributed by atoms with van der Waals surface area (Å²) < 4.78 is 14.5. The van der Waals surface area contributed by atoms with Crippen molar-refractivity contribution in [1.82, 2.24) is 30.1 Å². The summed E-state index contributed by atoms with van der Waals surface area (Å²) in [5, 5.41) is 25.1. The highest BCUT2D eigenvalue weighted by molar-refractivity contribution is 5.91. The lowest BCUT2D eigenvalue weighted by molar-refractivity contribution is 0.0524. The van der Waals surface area contributed by atoms with Gasteiger partial charge in [-0.2, -0.15) is 15.0 Å². The van der Waals surface area contributed by atoms with Crippen LogP contribution in [0.5, 0.6) is 0 Å². The maximum absolute atomic E-state index is 12.9. The maximum Gasteiger partial charge on any atom is 0.273 e. The molecule has 0 aliphatic rings. The molecule has 0 aliphatic heterocycles. The molecule has 0 bridgehead atoms. The normalized spacial score (nSPS) is 13.4. The fourth-order valence-corrected chi connectivity index (χ4v) is 2.21. The lowest BCUT2D eigenvalue weighted by Crippen LogP contribution is -2.38. The third-order valence-corrected chi connectivity index (χ3v) is 3.70. The summed E-state index contributed by atoms with van der Waals surface area (Å²) >= 11 is 0. The number of aryl methyl sites for hydroxylation is 1. The van der Waals surface area contributed by atoms with Crippen LogP contribution >= 0.6 is 0 Å². The monoisotopic (exact) mass is 344 g/mol. The summed E-state index contributed by atoms with van der Waals surface area (Å²) in [5.74, 6) is -0.843. The third-order valence-electron chi connectivity index (χ3n) is 3.70. The minimum Gasteiger partial charge on any atom is -0.383 e. The van der Waals surface area contributed by atoms with Crippen molar-refractivity contribution in [2.45, 2.75) is 12.5 Å². The van der Waals surface area contributed by atoms with Crippen LogP contribution in [0.2, 0.25) is 0 Å². The van der Waals surface area contributed by atoms with E-state index >= 15 is 0 Å². The number of aromatic nitrogens is 5. The van der Waals surface area contributed by atoms with E-state index in [-0.39, 0.29) is 18.1 Å². The second kappa shape index (κ2) is 6.44. The molecule has 1 amide bonds. The maximum atomic E-state index is 12.9. The van der Waals surface area contributed by atoms with Gasteiger partial charge < -0.3 is 10.4 Å². The highest BCUT2D eigenvalue weighted by Crippen LogP contribution is 2.18. The summed E-state index contributed by atoms with van der Waals surface area (Å²) in [6, 6.07) is 5.57. The number of rotatable bonds is 5. The predicted molar refractivity (Wildman–Crippen MR) is 86.4 cm³/mol. The Morgan fingerprint density at radius 3 is 2.64 bits per heavy atom. The van der Waals surface area contributed by atoms with Crippen molar-refractivity contribution >= 4 is 5.91 Å². The first-order valence-electron chi connectivity index (χ1n) is 7.53. The molecule has 0 fully saturated rings. The summed E-state index contributed by atoms with van der Waals surface area (Å²) in [7, 11) is 1.74. The predicted octanol–water partition coefficient (Wildman–Crippen LogP) is 0.777. The van der Waals surface area contributed by atoms with Crippen molar-refractivity contribution in [2.24, 2.45) is 7.05 Å². The number of nitrogens with one attached hydrogen (secondary N) is 1. The molecule has 2 heterocycles. The summed E-state index contributed by atoms with van der Waals surface area (Å²) in [4.78, 5) is 13.4. The summed E-state index contributed by atoms with van der Waals surface area (Å²) in [5.41, 5.74) is -0.0592. The van der Waals surface area contributed by atoms with E-state index in [4.69, 9.17) is 0 Å². The minimum atomic E-state index is -1.27. The Balaban J connectivity index is 1.67. The molecule has 1 aromatic carbocycles. The smallest absolute Gasteiger partial charge is 0.273 e. The van der Waals surface area contributed by atoms with Crippen molar-refractivity contribution in [3.05, 3.63) is 59.9 Å². The SMILES string of the molecule is Cn1cc(C(C)(O)CNC(=O)c2cnn(-c3ccc(F)cc3)n2)cn1. The highest BCUT2D eigenvalue weighted by Gasteiger charge is 2.26. The van der Waals surface area contributed by atoms with Crippen LogP contribution in [-0.4, -0.2) is 42.3 Å². The van der Waals surface area contributed by atoms with Crippen molar-refractivity contribution in [2.75, 3.05) is 6.54 Å². The first kappa shape index (κ1) is 16.8. The number of aliphatic hydroxyl groups is 1. The molecule has 1 unspecified atom stereocenters. The molecule has 130 valence electrons.